The van der Waals surface area contributed by atoms with Crippen molar-refractivity contribution in [2.24, 2.45) is 0 Å². The second-order valence-electron chi connectivity index (χ2n) is 6.56. The Morgan fingerprint density at radius 1 is 1.43 bits per heavy atom. The van der Waals surface area contributed by atoms with Crippen molar-refractivity contribution in [3.63, 3.8) is 0 Å². The van der Waals surface area contributed by atoms with Crippen molar-refractivity contribution in [1.82, 2.24) is 10.2 Å². The van der Waals surface area contributed by atoms with E-state index in [0.29, 0.717) is 25.0 Å². The predicted molar refractivity (Wildman–Crippen MR) is 82.5 cm³/mol. The molecule has 0 aromatic heterocycles. The van der Waals surface area contributed by atoms with Crippen LogP contribution >= 0.6 is 0 Å². The standard InChI is InChI=1S/C16H30N2O3/c1-3-16(15(19)20,17-13-7-8-13)9-5-11-18-10-4-6-14(12-18)21-2/h13-14,17H,3-12H2,1-2H3,(H,19,20). The van der Waals surface area contributed by atoms with Crippen LogP contribution in [0, 0.1) is 0 Å². The molecule has 1 heterocycles. The molecule has 0 aromatic rings. The van der Waals surface area contributed by atoms with E-state index in [1.807, 2.05) is 6.92 Å². The number of hydrogen-bond acceptors (Lipinski definition) is 4. The molecule has 0 radical (unpaired) electrons. The highest BCUT2D eigenvalue weighted by atomic mass is 16.5. The van der Waals surface area contributed by atoms with Crippen molar-refractivity contribution in [3.05, 3.63) is 0 Å². The van der Waals surface area contributed by atoms with Gasteiger partial charge in [0.1, 0.15) is 5.54 Å². The van der Waals surface area contributed by atoms with Gasteiger partial charge in [-0.2, -0.15) is 0 Å². The van der Waals surface area contributed by atoms with Crippen LogP contribution in [0.5, 0.6) is 0 Å². The first-order valence-corrected chi connectivity index (χ1v) is 8.36. The summed E-state index contributed by atoms with van der Waals surface area (Å²) in [5.41, 5.74) is -0.725. The second kappa shape index (κ2) is 7.56. The van der Waals surface area contributed by atoms with Crippen LogP contribution in [0.1, 0.15) is 51.9 Å². The lowest BCUT2D eigenvalue weighted by molar-refractivity contribution is -0.145. The first kappa shape index (κ1) is 16.7. The summed E-state index contributed by atoms with van der Waals surface area (Å²) in [6.07, 6.45) is 7.20. The van der Waals surface area contributed by atoms with Gasteiger partial charge in [-0.25, -0.2) is 0 Å². The monoisotopic (exact) mass is 298 g/mol. The molecule has 2 fully saturated rings. The summed E-state index contributed by atoms with van der Waals surface area (Å²) in [6, 6.07) is 0.425. The van der Waals surface area contributed by atoms with E-state index in [0.717, 1.165) is 45.3 Å². The summed E-state index contributed by atoms with van der Waals surface area (Å²) in [6.45, 7) is 5.05. The van der Waals surface area contributed by atoms with Gasteiger partial charge in [0.25, 0.3) is 0 Å². The average molecular weight is 298 g/mol. The van der Waals surface area contributed by atoms with Crippen LogP contribution in [0.4, 0.5) is 0 Å². The normalized spacial score (nSPS) is 26.5. The maximum atomic E-state index is 11.7. The zero-order chi connectivity index (χ0) is 15.3. The summed E-state index contributed by atoms with van der Waals surface area (Å²) >= 11 is 0. The summed E-state index contributed by atoms with van der Waals surface area (Å²) in [7, 11) is 1.78. The largest absolute Gasteiger partial charge is 0.480 e. The van der Waals surface area contributed by atoms with Gasteiger partial charge in [-0.3, -0.25) is 10.1 Å². The molecule has 1 aliphatic heterocycles. The number of aliphatic carboxylic acids is 1. The third-order valence-corrected chi connectivity index (χ3v) is 4.94. The quantitative estimate of drug-likeness (QED) is 0.680. The first-order chi connectivity index (χ1) is 10.1. The van der Waals surface area contributed by atoms with Gasteiger partial charge in [0.2, 0.25) is 0 Å². The molecule has 0 aromatic carbocycles. The number of carbonyl (C=O) groups is 1. The lowest BCUT2D eigenvalue weighted by Gasteiger charge is -2.34. The molecule has 2 rings (SSSR count). The van der Waals surface area contributed by atoms with Crippen LogP contribution in [0.3, 0.4) is 0 Å². The molecule has 2 aliphatic rings. The first-order valence-electron chi connectivity index (χ1n) is 8.36. The van der Waals surface area contributed by atoms with Gasteiger partial charge in [-0.05, 0) is 58.0 Å². The highest BCUT2D eigenvalue weighted by Crippen LogP contribution is 2.27. The van der Waals surface area contributed by atoms with E-state index in [1.54, 1.807) is 7.11 Å². The van der Waals surface area contributed by atoms with Gasteiger partial charge in [0.15, 0.2) is 0 Å². The van der Waals surface area contributed by atoms with Crippen molar-refractivity contribution >= 4 is 5.97 Å². The Bertz CT molecular complexity index is 346. The zero-order valence-electron chi connectivity index (χ0n) is 13.4. The molecule has 1 saturated carbocycles. The molecule has 0 spiro atoms. The molecule has 0 amide bonds. The average Bonchev–Trinajstić information content (AvgIpc) is 3.30. The number of ether oxygens (including phenoxy) is 1. The number of rotatable bonds is 9. The third kappa shape index (κ3) is 4.66. The van der Waals surface area contributed by atoms with Crippen LogP contribution in [-0.2, 0) is 9.53 Å². The fourth-order valence-electron chi connectivity index (χ4n) is 3.30. The number of methoxy groups -OCH3 is 1. The van der Waals surface area contributed by atoms with Gasteiger partial charge in [0, 0.05) is 19.7 Å². The molecule has 0 bridgehead atoms. The molecule has 2 atom stereocenters. The minimum absolute atomic E-state index is 0.346. The molecule has 1 saturated heterocycles. The molecule has 21 heavy (non-hydrogen) atoms. The van der Waals surface area contributed by atoms with Gasteiger partial charge < -0.3 is 14.7 Å². The number of carboxylic acids is 1. The Morgan fingerprint density at radius 3 is 2.76 bits per heavy atom. The van der Waals surface area contributed by atoms with Crippen LogP contribution in [0.15, 0.2) is 0 Å². The number of likely N-dealkylation sites (tertiary alicyclic amines) is 1. The molecule has 1 aliphatic carbocycles. The minimum atomic E-state index is -0.725. The molecule has 5 heteroatoms. The second-order valence-corrected chi connectivity index (χ2v) is 6.56. The van der Waals surface area contributed by atoms with E-state index in [4.69, 9.17) is 4.74 Å². The Kier molecular flexibility index (Phi) is 6.02. The van der Waals surface area contributed by atoms with Crippen LogP contribution in [0.2, 0.25) is 0 Å². The van der Waals surface area contributed by atoms with Crippen molar-refractivity contribution in [1.29, 1.82) is 0 Å². The fraction of sp³-hybridized carbons (Fsp3) is 0.938. The van der Waals surface area contributed by atoms with E-state index >= 15 is 0 Å². The van der Waals surface area contributed by atoms with E-state index < -0.39 is 11.5 Å². The molecular weight excluding hydrogens is 268 g/mol. The van der Waals surface area contributed by atoms with Crippen molar-refractivity contribution in [2.75, 3.05) is 26.7 Å². The summed E-state index contributed by atoms with van der Waals surface area (Å²) < 4.78 is 5.44. The smallest absolute Gasteiger partial charge is 0.323 e. The molecule has 122 valence electrons. The van der Waals surface area contributed by atoms with Gasteiger partial charge in [0.05, 0.1) is 6.10 Å². The van der Waals surface area contributed by atoms with E-state index in [9.17, 15) is 9.90 Å². The molecule has 2 unspecified atom stereocenters. The molecular formula is C16H30N2O3. The Balaban J connectivity index is 1.79. The van der Waals surface area contributed by atoms with Crippen LogP contribution in [0.25, 0.3) is 0 Å². The van der Waals surface area contributed by atoms with Crippen LogP contribution in [-0.4, -0.2) is 60.4 Å². The number of hydrogen-bond donors (Lipinski definition) is 2. The highest BCUT2D eigenvalue weighted by molar-refractivity contribution is 5.78. The minimum Gasteiger partial charge on any atom is -0.480 e. The maximum Gasteiger partial charge on any atom is 0.323 e. The van der Waals surface area contributed by atoms with Crippen molar-refractivity contribution in [2.45, 2.75) is 69.6 Å². The van der Waals surface area contributed by atoms with Crippen molar-refractivity contribution < 1.29 is 14.6 Å². The predicted octanol–water partition coefficient (Wildman–Crippen LogP) is 1.86. The summed E-state index contributed by atoms with van der Waals surface area (Å²) in [5, 5.41) is 13.0. The Labute approximate surface area is 128 Å². The number of carboxylic acid groups (broad SMARTS) is 1. The number of nitrogens with zero attached hydrogens (tertiary/aromatic N) is 1. The van der Waals surface area contributed by atoms with E-state index in [2.05, 4.69) is 10.2 Å². The van der Waals surface area contributed by atoms with E-state index in [-0.39, 0.29) is 0 Å². The van der Waals surface area contributed by atoms with E-state index in [1.165, 1.54) is 6.42 Å². The van der Waals surface area contributed by atoms with Gasteiger partial charge in [-0.1, -0.05) is 6.92 Å². The lowest BCUT2D eigenvalue weighted by Crippen LogP contribution is -2.53. The zero-order valence-corrected chi connectivity index (χ0v) is 13.4. The number of piperidine rings is 1. The van der Waals surface area contributed by atoms with Gasteiger partial charge in [-0.15, -0.1) is 0 Å². The SMILES string of the molecule is CCC(CCCN1CCCC(OC)C1)(NC1CC1)C(=O)O. The highest BCUT2D eigenvalue weighted by Gasteiger charge is 2.40. The van der Waals surface area contributed by atoms with Gasteiger partial charge >= 0.3 is 5.97 Å². The third-order valence-electron chi connectivity index (χ3n) is 4.94. The van der Waals surface area contributed by atoms with Crippen molar-refractivity contribution in [3.8, 4) is 0 Å². The van der Waals surface area contributed by atoms with Crippen LogP contribution < -0.4 is 5.32 Å². The molecule has 2 N–H and O–H groups in total. The number of nitrogens with one attached hydrogen (secondary N) is 1. The summed E-state index contributed by atoms with van der Waals surface area (Å²) in [5.74, 6) is -0.690. The lowest BCUT2D eigenvalue weighted by atomic mass is 9.90. The molecule has 5 nitrogen and oxygen atoms in total. The maximum absolute atomic E-state index is 11.7. The fourth-order valence-corrected chi connectivity index (χ4v) is 3.30. The Hall–Kier alpha value is -0.650. The Morgan fingerprint density at radius 2 is 2.19 bits per heavy atom. The topological polar surface area (TPSA) is 61.8 Å². The summed E-state index contributed by atoms with van der Waals surface area (Å²) in [4.78, 5) is 14.1.